The molecule has 0 radical (unpaired) electrons. The van der Waals surface area contributed by atoms with Gasteiger partial charge in [0.1, 0.15) is 0 Å². The first-order valence-corrected chi connectivity index (χ1v) is 13.5. The van der Waals surface area contributed by atoms with E-state index in [2.05, 4.69) is 68.7 Å². The third-order valence-electron chi connectivity index (χ3n) is 7.55. The summed E-state index contributed by atoms with van der Waals surface area (Å²) in [5, 5.41) is 6.06. The molecule has 1 aliphatic carbocycles. The summed E-state index contributed by atoms with van der Waals surface area (Å²) < 4.78 is 0. The topological polar surface area (TPSA) is 69.7 Å². The molecule has 1 aliphatic rings. The summed E-state index contributed by atoms with van der Waals surface area (Å²) in [6.07, 6.45) is 11.5. The highest BCUT2D eigenvalue weighted by atomic mass is 15.2. The van der Waals surface area contributed by atoms with Crippen LogP contribution in [0.5, 0.6) is 0 Å². The molecule has 6 nitrogen and oxygen atoms in total. The number of nitrogens with one attached hydrogen (secondary N) is 2. The van der Waals surface area contributed by atoms with Crippen molar-refractivity contribution in [3.8, 4) is 0 Å². The lowest BCUT2D eigenvalue weighted by molar-refractivity contribution is 0.161. The van der Waals surface area contributed by atoms with E-state index in [1.165, 1.54) is 34.0 Å². The molecular weight excluding hydrogens is 456 g/mol. The maximum atomic E-state index is 4.87. The van der Waals surface area contributed by atoms with Crippen LogP contribution in [-0.2, 0) is 19.5 Å². The number of fused-ring (bicyclic) bond motifs is 4. The van der Waals surface area contributed by atoms with Crippen LogP contribution in [0.2, 0.25) is 0 Å². The number of aromatic amines is 1. The van der Waals surface area contributed by atoms with E-state index in [-0.39, 0.29) is 0 Å². The fraction of sp³-hybridized carbons (Fsp3) is 0.323. The van der Waals surface area contributed by atoms with Crippen molar-refractivity contribution < 1.29 is 0 Å². The minimum atomic E-state index is 0.327. The van der Waals surface area contributed by atoms with Gasteiger partial charge in [-0.3, -0.25) is 19.9 Å². The van der Waals surface area contributed by atoms with Gasteiger partial charge in [0.25, 0.3) is 0 Å². The Kier molecular flexibility index (Phi) is 7.19. The van der Waals surface area contributed by atoms with Crippen LogP contribution in [0.15, 0.2) is 79.3 Å². The predicted octanol–water partition coefficient (Wildman–Crippen LogP) is 5.96. The summed E-state index contributed by atoms with van der Waals surface area (Å²) in [4.78, 5) is 20.4. The SMILES string of the molecule is c1ccc(CNCCCCN(Cc2nccc3c2[nH]c2ccccc23)C2CCCc3cccnc32)nc1. The third-order valence-corrected chi connectivity index (χ3v) is 7.55. The molecule has 0 spiro atoms. The summed E-state index contributed by atoms with van der Waals surface area (Å²) in [5.74, 6) is 0. The van der Waals surface area contributed by atoms with Crippen LogP contribution >= 0.6 is 0 Å². The quantitative estimate of drug-likeness (QED) is 0.237. The Morgan fingerprint density at radius 2 is 1.78 bits per heavy atom. The van der Waals surface area contributed by atoms with Gasteiger partial charge >= 0.3 is 0 Å². The molecular formula is C31H34N6. The number of H-pyrrole nitrogens is 1. The molecule has 0 bridgehead atoms. The van der Waals surface area contributed by atoms with E-state index in [1.807, 2.05) is 30.7 Å². The highest BCUT2D eigenvalue weighted by molar-refractivity contribution is 6.07. The number of rotatable bonds is 10. The molecule has 0 saturated carbocycles. The van der Waals surface area contributed by atoms with E-state index in [1.54, 1.807) is 0 Å². The maximum Gasteiger partial charge on any atom is 0.0784 e. The highest BCUT2D eigenvalue weighted by Crippen LogP contribution is 2.35. The van der Waals surface area contributed by atoms with Crippen molar-refractivity contribution in [3.63, 3.8) is 0 Å². The first kappa shape index (κ1) is 23.8. The Balaban J connectivity index is 1.20. The van der Waals surface area contributed by atoms with Crippen LogP contribution in [0.4, 0.5) is 0 Å². The number of benzene rings is 1. The predicted molar refractivity (Wildman–Crippen MR) is 149 cm³/mol. The summed E-state index contributed by atoms with van der Waals surface area (Å²) in [7, 11) is 0. The third kappa shape index (κ3) is 5.26. The molecule has 37 heavy (non-hydrogen) atoms. The van der Waals surface area contributed by atoms with E-state index in [4.69, 9.17) is 9.97 Å². The molecule has 0 fully saturated rings. The van der Waals surface area contributed by atoms with Crippen molar-refractivity contribution >= 4 is 21.8 Å². The molecule has 6 heteroatoms. The molecule has 4 aromatic heterocycles. The van der Waals surface area contributed by atoms with E-state index in [0.717, 1.165) is 68.8 Å². The second-order valence-corrected chi connectivity index (χ2v) is 9.98. The lowest BCUT2D eigenvalue weighted by Crippen LogP contribution is -2.33. The van der Waals surface area contributed by atoms with E-state index in [0.29, 0.717) is 6.04 Å². The zero-order valence-electron chi connectivity index (χ0n) is 21.2. The maximum absolute atomic E-state index is 4.87. The average Bonchev–Trinajstić information content (AvgIpc) is 3.34. The summed E-state index contributed by atoms with van der Waals surface area (Å²) >= 11 is 0. The van der Waals surface area contributed by atoms with Gasteiger partial charge < -0.3 is 10.3 Å². The smallest absolute Gasteiger partial charge is 0.0784 e. The lowest BCUT2D eigenvalue weighted by atomic mass is 9.90. The van der Waals surface area contributed by atoms with Crippen molar-refractivity contribution in [1.29, 1.82) is 0 Å². The molecule has 188 valence electrons. The number of unbranched alkanes of at least 4 members (excludes halogenated alkanes) is 1. The number of hydrogen-bond donors (Lipinski definition) is 2. The Morgan fingerprint density at radius 1 is 0.865 bits per heavy atom. The number of nitrogens with zero attached hydrogens (tertiary/aromatic N) is 4. The van der Waals surface area contributed by atoms with Gasteiger partial charge in [0.2, 0.25) is 0 Å². The van der Waals surface area contributed by atoms with Crippen LogP contribution < -0.4 is 5.32 Å². The molecule has 2 N–H and O–H groups in total. The molecule has 0 saturated heterocycles. The number of hydrogen-bond acceptors (Lipinski definition) is 5. The monoisotopic (exact) mass is 490 g/mol. The number of para-hydroxylation sites is 1. The fourth-order valence-corrected chi connectivity index (χ4v) is 5.71. The van der Waals surface area contributed by atoms with Crippen LogP contribution in [0.1, 0.15) is 54.4 Å². The van der Waals surface area contributed by atoms with Gasteiger partial charge in [0.05, 0.1) is 28.6 Å². The minimum absolute atomic E-state index is 0.327. The Bertz CT molecular complexity index is 1460. The Morgan fingerprint density at radius 3 is 2.73 bits per heavy atom. The zero-order valence-corrected chi connectivity index (χ0v) is 21.2. The minimum Gasteiger partial charge on any atom is -0.353 e. The van der Waals surface area contributed by atoms with Crippen molar-refractivity contribution in [2.24, 2.45) is 0 Å². The van der Waals surface area contributed by atoms with Crippen molar-refractivity contribution in [2.45, 2.75) is 51.2 Å². The highest BCUT2D eigenvalue weighted by Gasteiger charge is 2.28. The van der Waals surface area contributed by atoms with Gasteiger partial charge in [-0.2, -0.15) is 0 Å². The molecule has 0 aliphatic heterocycles. The van der Waals surface area contributed by atoms with E-state index < -0.39 is 0 Å². The van der Waals surface area contributed by atoms with Crippen LogP contribution in [0.3, 0.4) is 0 Å². The van der Waals surface area contributed by atoms with Crippen molar-refractivity contribution in [3.05, 3.63) is 102 Å². The van der Waals surface area contributed by atoms with Crippen LogP contribution in [0.25, 0.3) is 21.8 Å². The normalized spacial score (nSPS) is 15.4. The second-order valence-electron chi connectivity index (χ2n) is 9.98. The lowest BCUT2D eigenvalue weighted by Gasteiger charge is -2.35. The average molecular weight is 491 g/mol. The number of pyridine rings is 3. The van der Waals surface area contributed by atoms with Crippen LogP contribution in [0, 0.1) is 0 Å². The largest absolute Gasteiger partial charge is 0.353 e. The first-order chi connectivity index (χ1) is 18.4. The summed E-state index contributed by atoms with van der Waals surface area (Å²) in [5.41, 5.74) is 7.18. The van der Waals surface area contributed by atoms with Crippen LogP contribution in [-0.4, -0.2) is 37.9 Å². The molecule has 4 heterocycles. The van der Waals surface area contributed by atoms with Gasteiger partial charge in [-0.1, -0.05) is 30.3 Å². The van der Waals surface area contributed by atoms with Gasteiger partial charge in [0.15, 0.2) is 0 Å². The van der Waals surface area contributed by atoms with E-state index >= 15 is 0 Å². The van der Waals surface area contributed by atoms with Gasteiger partial charge in [-0.15, -0.1) is 0 Å². The molecule has 1 aromatic carbocycles. The second kappa shape index (κ2) is 11.2. The van der Waals surface area contributed by atoms with Crippen molar-refractivity contribution in [1.82, 2.24) is 30.2 Å². The molecule has 1 unspecified atom stereocenters. The van der Waals surface area contributed by atoms with E-state index in [9.17, 15) is 0 Å². The molecule has 6 rings (SSSR count). The fourth-order valence-electron chi connectivity index (χ4n) is 5.71. The Hall–Kier alpha value is -3.61. The van der Waals surface area contributed by atoms with Gasteiger partial charge in [0, 0.05) is 48.0 Å². The zero-order chi connectivity index (χ0) is 24.9. The summed E-state index contributed by atoms with van der Waals surface area (Å²) in [6, 6.07) is 21.4. The number of aryl methyl sites for hydroxylation is 1. The number of aromatic nitrogens is 4. The van der Waals surface area contributed by atoms with Gasteiger partial charge in [-0.05, 0) is 81.1 Å². The Labute approximate surface area is 218 Å². The van der Waals surface area contributed by atoms with Gasteiger partial charge in [-0.25, -0.2) is 0 Å². The summed E-state index contributed by atoms with van der Waals surface area (Å²) in [6.45, 7) is 3.63. The molecule has 0 amide bonds. The van der Waals surface area contributed by atoms with Crippen molar-refractivity contribution in [2.75, 3.05) is 13.1 Å². The standard InChI is InChI=1S/C31H34N6/c1-2-13-27-25(12-1)26-15-19-34-28(31(26)36-27)22-37(29-14-7-9-23-10-8-18-35-30(23)29)20-6-5-16-32-21-24-11-3-4-17-33-24/h1-4,8,10-13,15,17-19,29,32,36H,5-7,9,14,16,20-22H2. The molecule has 5 aromatic rings. The first-order valence-electron chi connectivity index (χ1n) is 13.5. The molecule has 1 atom stereocenters.